The van der Waals surface area contributed by atoms with Crippen LogP contribution in [0.3, 0.4) is 0 Å². The van der Waals surface area contributed by atoms with Crippen molar-refractivity contribution in [2.75, 3.05) is 19.7 Å². The van der Waals surface area contributed by atoms with Crippen LogP contribution in [0.2, 0.25) is 0 Å². The molecule has 0 spiro atoms. The summed E-state index contributed by atoms with van der Waals surface area (Å²) >= 11 is 0. The second-order valence-corrected chi connectivity index (χ2v) is 7.44. The normalized spacial score (nSPS) is 18.7. The van der Waals surface area contributed by atoms with Gasteiger partial charge in [-0.05, 0) is 38.0 Å². The Morgan fingerprint density at radius 2 is 1.78 bits per heavy atom. The third-order valence-corrected chi connectivity index (χ3v) is 4.92. The summed E-state index contributed by atoms with van der Waals surface area (Å²) < 4.78 is 43.2. The monoisotopic (exact) mass is 458 g/mol. The minimum absolute atomic E-state index is 0.0445. The molecule has 32 heavy (non-hydrogen) atoms. The van der Waals surface area contributed by atoms with Crippen molar-refractivity contribution in [2.24, 2.45) is 0 Å². The first-order valence-corrected chi connectivity index (χ1v) is 9.90. The average Bonchev–Trinajstić information content (AvgIpc) is 2.91. The molecule has 9 nitrogen and oxygen atoms in total. The molecule has 0 aliphatic carbocycles. The number of hydrazine groups is 1. The number of hydrogen-bond acceptors (Lipinski definition) is 6. The molecule has 0 aromatic heterocycles. The Labute approximate surface area is 182 Å². The van der Waals surface area contributed by atoms with E-state index in [9.17, 15) is 32.3 Å². The number of esters is 1. The summed E-state index contributed by atoms with van der Waals surface area (Å²) in [5.74, 6) is -2.02. The number of rotatable bonds is 9. The average molecular weight is 458 g/mol. The molecule has 1 aliphatic rings. The minimum atomic E-state index is -4.49. The van der Waals surface area contributed by atoms with Crippen molar-refractivity contribution in [3.05, 3.63) is 35.4 Å². The van der Waals surface area contributed by atoms with Crippen LogP contribution >= 0.6 is 0 Å². The number of nitrogens with one attached hydrogen (secondary N) is 2. The van der Waals surface area contributed by atoms with Gasteiger partial charge in [-0.2, -0.15) is 18.2 Å². The molecule has 2 N–H and O–H groups in total. The lowest BCUT2D eigenvalue weighted by molar-refractivity contribution is -0.145. The highest BCUT2D eigenvalue weighted by Gasteiger charge is 2.47. The Hall–Kier alpha value is -3.15. The molecule has 1 aromatic carbocycles. The van der Waals surface area contributed by atoms with Gasteiger partial charge >= 0.3 is 18.2 Å². The molecule has 0 saturated carbocycles. The van der Waals surface area contributed by atoms with Crippen LogP contribution in [0.4, 0.5) is 18.0 Å². The van der Waals surface area contributed by atoms with Crippen molar-refractivity contribution < 1.29 is 37.1 Å². The van der Waals surface area contributed by atoms with Crippen LogP contribution in [-0.2, 0) is 31.8 Å². The molecule has 12 heteroatoms. The summed E-state index contributed by atoms with van der Waals surface area (Å²) in [4.78, 5) is 50.2. The van der Waals surface area contributed by atoms with E-state index in [4.69, 9.17) is 4.74 Å². The van der Waals surface area contributed by atoms with Crippen molar-refractivity contribution in [2.45, 2.75) is 45.5 Å². The number of amides is 4. The summed E-state index contributed by atoms with van der Waals surface area (Å²) in [6.07, 6.45) is -4.17. The van der Waals surface area contributed by atoms with Crippen LogP contribution in [0.15, 0.2) is 24.3 Å². The van der Waals surface area contributed by atoms with Gasteiger partial charge in [-0.3, -0.25) is 24.7 Å². The Morgan fingerprint density at radius 1 is 1.16 bits per heavy atom. The van der Waals surface area contributed by atoms with Crippen molar-refractivity contribution in [3.8, 4) is 0 Å². The van der Waals surface area contributed by atoms with Gasteiger partial charge in [-0.25, -0.2) is 4.79 Å². The van der Waals surface area contributed by atoms with E-state index in [1.807, 2.05) is 0 Å². The quantitative estimate of drug-likeness (QED) is 0.432. The maximum atomic E-state index is 12.8. The van der Waals surface area contributed by atoms with Crippen LogP contribution in [-0.4, -0.2) is 59.0 Å². The zero-order chi connectivity index (χ0) is 24.1. The van der Waals surface area contributed by atoms with Gasteiger partial charge in [0, 0.05) is 6.54 Å². The lowest BCUT2D eigenvalue weighted by Gasteiger charge is -2.23. The second kappa shape index (κ2) is 9.98. The number of ether oxygens (including phenoxy) is 1. The first-order valence-electron chi connectivity index (χ1n) is 9.90. The lowest BCUT2D eigenvalue weighted by Crippen LogP contribution is -2.51. The van der Waals surface area contributed by atoms with E-state index in [0.717, 1.165) is 12.1 Å². The van der Waals surface area contributed by atoms with E-state index in [0.29, 0.717) is 17.0 Å². The summed E-state index contributed by atoms with van der Waals surface area (Å²) in [6.45, 7) is 4.15. The molecule has 0 bridgehead atoms. The fraction of sp³-hybridized carbons (Fsp3) is 0.500. The number of urea groups is 1. The molecule has 1 atom stereocenters. The first-order chi connectivity index (χ1) is 14.9. The smallest absolute Gasteiger partial charge is 0.416 e. The largest absolute Gasteiger partial charge is 0.465 e. The summed E-state index contributed by atoms with van der Waals surface area (Å²) in [5, 5.41) is 3.06. The van der Waals surface area contributed by atoms with Gasteiger partial charge < -0.3 is 10.1 Å². The molecule has 1 aromatic rings. The van der Waals surface area contributed by atoms with Crippen molar-refractivity contribution in [1.82, 2.24) is 20.7 Å². The number of carbonyl (C=O) groups excluding carboxylic acids is 4. The molecule has 1 unspecified atom stereocenters. The minimum Gasteiger partial charge on any atom is -0.465 e. The van der Waals surface area contributed by atoms with Crippen LogP contribution in [0.1, 0.15) is 38.3 Å². The van der Waals surface area contributed by atoms with Gasteiger partial charge in [0.15, 0.2) is 0 Å². The van der Waals surface area contributed by atoms with Gasteiger partial charge in [-0.1, -0.05) is 19.1 Å². The zero-order valence-electron chi connectivity index (χ0n) is 17.9. The molecule has 1 aliphatic heterocycles. The Kier molecular flexibility index (Phi) is 7.83. The Balaban J connectivity index is 2.10. The Morgan fingerprint density at radius 3 is 2.28 bits per heavy atom. The van der Waals surface area contributed by atoms with E-state index in [1.54, 1.807) is 13.8 Å². The number of nitrogens with zero attached hydrogens (tertiary/aromatic N) is 2. The van der Waals surface area contributed by atoms with Gasteiger partial charge in [0.2, 0.25) is 0 Å². The van der Waals surface area contributed by atoms with E-state index < -0.39 is 47.6 Å². The number of alkyl halides is 3. The number of halogens is 3. The second-order valence-electron chi connectivity index (χ2n) is 7.44. The van der Waals surface area contributed by atoms with Crippen LogP contribution < -0.4 is 10.7 Å². The highest BCUT2D eigenvalue weighted by atomic mass is 19.4. The molecular weight excluding hydrogens is 433 g/mol. The van der Waals surface area contributed by atoms with E-state index in [2.05, 4.69) is 10.7 Å². The summed E-state index contributed by atoms with van der Waals surface area (Å²) in [5.41, 5.74) is 0.660. The SMILES string of the molecule is CCOC(=O)CN(CC(=O)NN1C(=O)NC(C)(CC)C1=O)Cc1ccc(C(F)(F)F)cc1. The van der Waals surface area contributed by atoms with Crippen LogP contribution in [0, 0.1) is 0 Å². The lowest BCUT2D eigenvalue weighted by atomic mass is 10.00. The standard InChI is InChI=1S/C20H25F3N4O5/c1-4-19(3)17(30)27(18(31)24-19)25-15(28)11-26(12-16(29)32-5-2)10-13-6-8-14(9-7-13)20(21,22)23/h6-9H,4-5,10-12H2,1-3H3,(H,24,31)(H,25,28). The third kappa shape index (κ3) is 6.19. The maximum absolute atomic E-state index is 12.8. The van der Waals surface area contributed by atoms with Crippen molar-refractivity contribution >= 4 is 23.8 Å². The molecular formula is C20H25F3N4O5. The highest BCUT2D eigenvalue weighted by Crippen LogP contribution is 2.29. The van der Waals surface area contributed by atoms with Crippen LogP contribution in [0.25, 0.3) is 0 Å². The number of hydrogen-bond donors (Lipinski definition) is 2. The molecule has 4 amide bonds. The van der Waals surface area contributed by atoms with Crippen LogP contribution in [0.5, 0.6) is 0 Å². The van der Waals surface area contributed by atoms with Crippen molar-refractivity contribution in [1.29, 1.82) is 0 Å². The fourth-order valence-electron chi connectivity index (χ4n) is 3.00. The van der Waals surface area contributed by atoms with Crippen molar-refractivity contribution in [3.63, 3.8) is 0 Å². The van der Waals surface area contributed by atoms with Gasteiger partial charge in [-0.15, -0.1) is 0 Å². The fourth-order valence-corrected chi connectivity index (χ4v) is 3.00. The van der Waals surface area contributed by atoms with Gasteiger partial charge in [0.05, 0.1) is 25.3 Å². The summed E-state index contributed by atoms with van der Waals surface area (Å²) in [6, 6.07) is 3.49. The number of imide groups is 1. The molecule has 1 saturated heterocycles. The molecule has 1 heterocycles. The predicted octanol–water partition coefficient (Wildman–Crippen LogP) is 1.82. The number of carbonyl (C=O) groups is 4. The van der Waals surface area contributed by atoms with Gasteiger partial charge in [0.1, 0.15) is 5.54 Å². The highest BCUT2D eigenvalue weighted by molar-refractivity contribution is 6.07. The molecule has 176 valence electrons. The first kappa shape index (κ1) is 25.1. The van der Waals surface area contributed by atoms with E-state index in [1.165, 1.54) is 24.0 Å². The maximum Gasteiger partial charge on any atom is 0.416 e. The van der Waals surface area contributed by atoms with E-state index in [-0.39, 0.29) is 19.7 Å². The third-order valence-electron chi connectivity index (χ3n) is 4.92. The molecule has 2 rings (SSSR count). The zero-order valence-corrected chi connectivity index (χ0v) is 17.9. The molecule has 1 fully saturated rings. The number of benzene rings is 1. The summed E-state index contributed by atoms with van der Waals surface area (Å²) in [7, 11) is 0. The predicted molar refractivity (Wildman–Crippen MR) is 106 cm³/mol. The molecule has 0 radical (unpaired) electrons. The topological polar surface area (TPSA) is 108 Å². The Bertz CT molecular complexity index is 875. The van der Waals surface area contributed by atoms with Gasteiger partial charge in [0.25, 0.3) is 11.8 Å². The van der Waals surface area contributed by atoms with E-state index >= 15 is 0 Å².